The van der Waals surface area contributed by atoms with E-state index in [2.05, 4.69) is 335 Å². The second-order valence-electron chi connectivity index (χ2n) is 31.0. The monoisotopic (exact) mass is 1140 g/mol. The van der Waals surface area contributed by atoms with Crippen molar-refractivity contribution < 1.29 is 0 Å². The zero-order valence-electron chi connectivity index (χ0n) is 54.9. The molecular formula is C82H87BN4. The highest BCUT2D eigenvalue weighted by Crippen LogP contribution is 2.49. The highest BCUT2D eigenvalue weighted by Gasteiger charge is 2.44. The van der Waals surface area contributed by atoms with Gasteiger partial charge in [-0.25, -0.2) is 9.97 Å². The SMILES string of the molecule is CC(C)(C)c1ccc(N2c3cc(-c4ccccc4)ccc3B3c4ccc(-c5ccccc5)cc4N(c4ccc(C(C)(C)C)cc4)c4cc(-c5cc(-c6cc(C(C)(C)C)cc(C(C)(C)C)c6)nc(-c6cc(C(C)(C)C)cc(C(C)(C)C)c6)n5)cc2c43)cc1. The summed E-state index contributed by atoms with van der Waals surface area (Å²) in [4.78, 5) is 16.7. The number of benzene rings is 9. The number of nitrogens with zero attached hydrogens (tertiary/aromatic N) is 4. The first-order chi connectivity index (χ1) is 40.9. The largest absolute Gasteiger partial charge is 0.311 e. The number of aromatic nitrogens is 2. The van der Waals surface area contributed by atoms with Crippen molar-refractivity contribution in [3.05, 3.63) is 234 Å². The molecule has 0 fully saturated rings. The van der Waals surface area contributed by atoms with E-state index in [-0.39, 0.29) is 39.2 Å². The second-order valence-corrected chi connectivity index (χ2v) is 31.0. The Kier molecular flexibility index (Phi) is 14.4. The van der Waals surface area contributed by atoms with Crippen molar-refractivity contribution in [3.63, 3.8) is 0 Å². The summed E-state index contributed by atoms with van der Waals surface area (Å²) >= 11 is 0. The van der Waals surface area contributed by atoms with Gasteiger partial charge in [-0.05, 0) is 183 Å². The maximum atomic E-state index is 5.87. The molecule has 3 heterocycles. The number of hydrogen-bond acceptors (Lipinski definition) is 4. The zero-order chi connectivity index (χ0) is 61.9. The molecule has 0 atom stereocenters. The van der Waals surface area contributed by atoms with Crippen molar-refractivity contribution in [1.82, 2.24) is 9.97 Å². The quantitative estimate of drug-likeness (QED) is 0.149. The highest BCUT2D eigenvalue weighted by atomic mass is 15.2. The Labute approximate surface area is 520 Å². The summed E-state index contributed by atoms with van der Waals surface area (Å²) in [5.41, 5.74) is 27.3. The standard InChI is InChI=1S/C82H87BN4/c1-77(2,3)59-31-35-65(36-32-59)86-71-45-54(52-25-21-19-22-26-52)29-39-67(71)83-68-40-30-55(53-27-23-20-24-28-53)46-72(68)87(66-37-33-60(34-38-66)78(4,5)6)74-48-57(47-73(86)75(74)83)70-51-69(56-41-61(79(7,8)9)49-62(42-56)80(10,11)12)84-76(85-70)58-43-63(81(13,14)15)50-64(44-58)82(16,17)18/h19-51H,1-18H3. The van der Waals surface area contributed by atoms with Crippen LogP contribution in [0.3, 0.4) is 0 Å². The van der Waals surface area contributed by atoms with Gasteiger partial charge >= 0.3 is 0 Å². The molecule has 0 bridgehead atoms. The summed E-state index contributed by atoms with van der Waals surface area (Å²) < 4.78 is 0. The van der Waals surface area contributed by atoms with Gasteiger partial charge in [0.1, 0.15) is 0 Å². The average Bonchev–Trinajstić information content (AvgIpc) is 0.704. The van der Waals surface area contributed by atoms with Crippen molar-refractivity contribution >= 4 is 57.2 Å². The van der Waals surface area contributed by atoms with E-state index in [0.717, 1.165) is 62.2 Å². The minimum atomic E-state index is -0.118. The van der Waals surface area contributed by atoms with Crippen molar-refractivity contribution in [2.75, 3.05) is 9.80 Å². The Bertz CT molecular complexity index is 3910. The molecule has 12 rings (SSSR count). The molecule has 10 aromatic rings. The average molecular weight is 1140 g/mol. The Morgan fingerprint density at radius 2 is 0.586 bits per heavy atom. The topological polar surface area (TPSA) is 32.3 Å². The molecule has 9 aromatic carbocycles. The molecule has 0 saturated heterocycles. The number of anilines is 6. The van der Waals surface area contributed by atoms with E-state index in [4.69, 9.17) is 9.97 Å². The fourth-order valence-electron chi connectivity index (χ4n) is 12.7. The Morgan fingerprint density at radius 3 is 0.931 bits per heavy atom. The van der Waals surface area contributed by atoms with Gasteiger partial charge in [0.05, 0.1) is 11.4 Å². The van der Waals surface area contributed by atoms with Crippen LogP contribution in [0.2, 0.25) is 0 Å². The molecule has 438 valence electrons. The Balaban J connectivity index is 1.22. The van der Waals surface area contributed by atoms with E-state index in [9.17, 15) is 0 Å². The lowest BCUT2D eigenvalue weighted by molar-refractivity contribution is 0.568. The lowest BCUT2D eigenvalue weighted by Crippen LogP contribution is -2.61. The second kappa shape index (κ2) is 21.3. The van der Waals surface area contributed by atoms with Crippen molar-refractivity contribution in [2.45, 2.75) is 157 Å². The molecule has 0 radical (unpaired) electrons. The summed E-state index contributed by atoms with van der Waals surface area (Å²) in [6.45, 7) is 41.5. The zero-order valence-corrected chi connectivity index (χ0v) is 54.9. The maximum Gasteiger partial charge on any atom is 0.252 e. The molecule has 2 aliphatic rings. The molecule has 87 heavy (non-hydrogen) atoms. The first-order valence-electron chi connectivity index (χ1n) is 31.5. The van der Waals surface area contributed by atoms with E-state index in [1.54, 1.807) is 0 Å². The lowest BCUT2D eigenvalue weighted by Gasteiger charge is -2.44. The van der Waals surface area contributed by atoms with Gasteiger partial charge < -0.3 is 9.80 Å². The third kappa shape index (κ3) is 11.4. The summed E-state index contributed by atoms with van der Waals surface area (Å²) in [5, 5.41) is 0. The number of hydrogen-bond donors (Lipinski definition) is 0. The number of fused-ring (bicyclic) bond motifs is 4. The predicted molar refractivity (Wildman–Crippen MR) is 375 cm³/mol. The fraction of sp³-hybridized carbons (Fsp3) is 0.293. The van der Waals surface area contributed by atoms with Gasteiger partial charge in [-0.15, -0.1) is 0 Å². The van der Waals surface area contributed by atoms with E-state index >= 15 is 0 Å². The third-order valence-electron chi connectivity index (χ3n) is 18.2. The minimum absolute atomic E-state index is 0.0309. The fourth-order valence-corrected chi connectivity index (χ4v) is 12.7. The smallest absolute Gasteiger partial charge is 0.252 e. The van der Waals surface area contributed by atoms with Crippen LogP contribution in [-0.4, -0.2) is 16.7 Å². The molecule has 0 unspecified atom stereocenters. The summed E-state index contributed by atoms with van der Waals surface area (Å²) in [6, 6.07) is 76.3. The van der Waals surface area contributed by atoms with Crippen molar-refractivity contribution in [2.24, 2.45) is 0 Å². The van der Waals surface area contributed by atoms with Crippen LogP contribution in [0.15, 0.2) is 200 Å². The van der Waals surface area contributed by atoms with Crippen LogP contribution in [0, 0.1) is 0 Å². The molecule has 0 N–H and O–H groups in total. The maximum absolute atomic E-state index is 5.87. The highest BCUT2D eigenvalue weighted by molar-refractivity contribution is 7.00. The molecule has 0 spiro atoms. The van der Waals surface area contributed by atoms with Gasteiger partial charge in [-0.2, -0.15) is 0 Å². The van der Waals surface area contributed by atoms with Gasteiger partial charge in [0.25, 0.3) is 6.71 Å². The van der Waals surface area contributed by atoms with Gasteiger partial charge in [-0.3, -0.25) is 0 Å². The molecule has 0 amide bonds. The first-order valence-corrected chi connectivity index (χ1v) is 31.5. The normalized spacial score (nSPS) is 13.6. The van der Waals surface area contributed by atoms with Crippen LogP contribution < -0.4 is 26.2 Å². The summed E-state index contributed by atoms with van der Waals surface area (Å²) in [7, 11) is 0. The summed E-state index contributed by atoms with van der Waals surface area (Å²) in [5.74, 6) is 0.710. The molecule has 0 saturated carbocycles. The van der Waals surface area contributed by atoms with Crippen LogP contribution in [-0.2, 0) is 32.5 Å². The Morgan fingerprint density at radius 1 is 0.264 bits per heavy atom. The molecule has 0 aliphatic carbocycles. The molecule has 2 aliphatic heterocycles. The van der Waals surface area contributed by atoms with Gasteiger partial charge in [0.2, 0.25) is 0 Å². The van der Waals surface area contributed by atoms with Crippen LogP contribution in [0.25, 0.3) is 56.2 Å². The van der Waals surface area contributed by atoms with Gasteiger partial charge in [-0.1, -0.05) is 246 Å². The summed E-state index contributed by atoms with van der Waals surface area (Å²) in [6.07, 6.45) is 0. The Hall–Kier alpha value is -8.28. The first kappa shape index (κ1) is 59.1. The van der Waals surface area contributed by atoms with Gasteiger partial charge in [0, 0.05) is 50.8 Å². The van der Waals surface area contributed by atoms with Crippen LogP contribution in [0.1, 0.15) is 158 Å². The van der Waals surface area contributed by atoms with Crippen LogP contribution in [0.4, 0.5) is 34.1 Å². The van der Waals surface area contributed by atoms with E-state index in [0.29, 0.717) is 5.82 Å². The molecule has 1 aromatic heterocycles. The van der Waals surface area contributed by atoms with Crippen LogP contribution >= 0.6 is 0 Å². The van der Waals surface area contributed by atoms with Crippen molar-refractivity contribution in [3.8, 4) is 56.2 Å². The number of rotatable bonds is 7. The van der Waals surface area contributed by atoms with E-state index < -0.39 is 0 Å². The van der Waals surface area contributed by atoms with Crippen molar-refractivity contribution in [1.29, 1.82) is 0 Å². The lowest BCUT2D eigenvalue weighted by atomic mass is 9.33. The molecule has 5 heteroatoms. The predicted octanol–water partition coefficient (Wildman–Crippen LogP) is 20.7. The minimum Gasteiger partial charge on any atom is -0.311 e. The van der Waals surface area contributed by atoms with E-state index in [1.807, 2.05) is 0 Å². The third-order valence-corrected chi connectivity index (χ3v) is 18.2. The van der Waals surface area contributed by atoms with E-state index in [1.165, 1.54) is 72.0 Å². The molecule has 4 nitrogen and oxygen atoms in total. The molecular weight excluding hydrogens is 1050 g/mol. The van der Waals surface area contributed by atoms with Crippen LogP contribution in [0.5, 0.6) is 0 Å². The van der Waals surface area contributed by atoms with Gasteiger partial charge in [0.15, 0.2) is 5.82 Å².